The first-order valence-corrected chi connectivity index (χ1v) is 3.91. The summed E-state index contributed by atoms with van der Waals surface area (Å²) in [6, 6.07) is 2.18. The first-order valence-electron chi connectivity index (χ1n) is 3.91. The van der Waals surface area contributed by atoms with E-state index in [9.17, 15) is 0 Å². The molecule has 0 fully saturated rings. The van der Waals surface area contributed by atoms with Crippen LogP contribution < -0.4 is 0 Å². The van der Waals surface area contributed by atoms with Crippen molar-refractivity contribution in [2.45, 2.75) is 20.0 Å². The second kappa shape index (κ2) is 3.58. The molecule has 0 saturated heterocycles. The van der Waals surface area contributed by atoms with Gasteiger partial charge in [-0.15, -0.1) is 0 Å². The lowest BCUT2D eigenvalue weighted by atomic mass is 10.2. The number of hydrogen-bond donors (Lipinski definition) is 0. The number of methoxy groups -OCH3 is 1. The Morgan fingerprint density at radius 1 is 1.55 bits per heavy atom. The third-order valence-electron chi connectivity index (χ3n) is 1.86. The highest BCUT2D eigenvalue weighted by molar-refractivity contribution is 5.17. The van der Waals surface area contributed by atoms with Crippen molar-refractivity contribution in [1.29, 1.82) is 0 Å². The fraction of sp³-hybridized carbons (Fsp3) is 0.556. The van der Waals surface area contributed by atoms with Crippen molar-refractivity contribution in [2.24, 2.45) is 7.05 Å². The molecule has 0 aliphatic rings. The fourth-order valence-corrected chi connectivity index (χ4v) is 1.17. The van der Waals surface area contributed by atoms with Crippen LogP contribution in [0.25, 0.3) is 0 Å². The number of hydrogen-bond acceptors (Lipinski definition) is 1. The van der Waals surface area contributed by atoms with Gasteiger partial charge in [0.15, 0.2) is 0 Å². The largest absolute Gasteiger partial charge is 0.378 e. The minimum absolute atomic E-state index is 0.705. The highest BCUT2D eigenvalue weighted by Crippen LogP contribution is 2.08. The zero-order valence-electron chi connectivity index (χ0n) is 7.42. The first kappa shape index (κ1) is 8.34. The molecule has 1 rings (SSSR count). The minimum Gasteiger partial charge on any atom is -0.378 e. The summed E-state index contributed by atoms with van der Waals surface area (Å²) < 4.78 is 7.16. The maximum absolute atomic E-state index is 5.05. The van der Waals surface area contributed by atoms with Gasteiger partial charge < -0.3 is 9.30 Å². The molecule has 0 saturated carbocycles. The Balaban J connectivity index is 2.79. The molecule has 2 nitrogen and oxygen atoms in total. The van der Waals surface area contributed by atoms with Crippen molar-refractivity contribution in [2.75, 3.05) is 7.11 Å². The maximum Gasteiger partial charge on any atom is 0.0863 e. The van der Waals surface area contributed by atoms with E-state index in [2.05, 4.69) is 23.8 Å². The molecule has 0 aliphatic carbocycles. The lowest BCUT2D eigenvalue weighted by Crippen LogP contribution is -1.95. The lowest BCUT2D eigenvalue weighted by Gasteiger charge is -1.98. The van der Waals surface area contributed by atoms with Crippen LogP contribution in [0.2, 0.25) is 0 Å². The standard InChI is InChI=1S/C9H15NO/c1-4-8-5-9(7-11-3)10(2)6-8/h5-6H,4,7H2,1-3H3. The second-order valence-corrected chi connectivity index (χ2v) is 2.74. The number of rotatable bonds is 3. The summed E-state index contributed by atoms with van der Waals surface area (Å²) >= 11 is 0. The lowest BCUT2D eigenvalue weighted by molar-refractivity contribution is 0.179. The van der Waals surface area contributed by atoms with Gasteiger partial charge in [0, 0.05) is 26.0 Å². The Kier molecular flexibility index (Phi) is 2.71. The van der Waals surface area contributed by atoms with Gasteiger partial charge in [-0.3, -0.25) is 0 Å². The predicted octanol–water partition coefficient (Wildman–Crippen LogP) is 1.73. The quantitative estimate of drug-likeness (QED) is 0.645. The van der Waals surface area contributed by atoms with Gasteiger partial charge in [0.05, 0.1) is 6.61 Å². The summed E-state index contributed by atoms with van der Waals surface area (Å²) in [7, 11) is 3.77. The van der Waals surface area contributed by atoms with E-state index in [1.165, 1.54) is 11.3 Å². The Labute approximate surface area is 67.8 Å². The van der Waals surface area contributed by atoms with Gasteiger partial charge in [-0.25, -0.2) is 0 Å². The third-order valence-corrected chi connectivity index (χ3v) is 1.86. The fourth-order valence-electron chi connectivity index (χ4n) is 1.17. The summed E-state index contributed by atoms with van der Waals surface area (Å²) in [4.78, 5) is 0. The van der Waals surface area contributed by atoms with Crippen LogP contribution in [-0.2, 0) is 24.8 Å². The summed E-state index contributed by atoms with van der Waals surface area (Å²) in [5.41, 5.74) is 2.61. The van der Waals surface area contributed by atoms with Crippen molar-refractivity contribution in [1.82, 2.24) is 4.57 Å². The first-order chi connectivity index (χ1) is 5.27. The van der Waals surface area contributed by atoms with E-state index in [1.807, 2.05) is 7.05 Å². The van der Waals surface area contributed by atoms with Crippen LogP contribution in [0.1, 0.15) is 18.2 Å². The topological polar surface area (TPSA) is 14.2 Å². The van der Waals surface area contributed by atoms with Gasteiger partial charge in [0.25, 0.3) is 0 Å². The molecule has 1 aromatic heterocycles. The zero-order valence-corrected chi connectivity index (χ0v) is 7.42. The van der Waals surface area contributed by atoms with Crippen LogP contribution in [0, 0.1) is 0 Å². The summed E-state index contributed by atoms with van der Waals surface area (Å²) in [5.74, 6) is 0. The molecule has 0 radical (unpaired) electrons. The average molecular weight is 153 g/mol. The molecule has 2 heteroatoms. The molecule has 0 aliphatic heterocycles. The number of ether oxygens (including phenoxy) is 1. The van der Waals surface area contributed by atoms with Crippen molar-refractivity contribution >= 4 is 0 Å². The van der Waals surface area contributed by atoms with E-state index in [4.69, 9.17) is 4.74 Å². The molecule has 0 unspecified atom stereocenters. The third kappa shape index (κ3) is 1.84. The molecule has 0 amide bonds. The monoisotopic (exact) mass is 153 g/mol. The van der Waals surface area contributed by atoms with Crippen LogP contribution in [0.5, 0.6) is 0 Å². The van der Waals surface area contributed by atoms with Crippen LogP contribution in [0.3, 0.4) is 0 Å². The van der Waals surface area contributed by atoms with Gasteiger partial charge in [-0.05, 0) is 18.1 Å². The number of aryl methyl sites for hydroxylation is 2. The summed E-state index contributed by atoms with van der Waals surface area (Å²) in [6.45, 7) is 2.86. The van der Waals surface area contributed by atoms with E-state index < -0.39 is 0 Å². The van der Waals surface area contributed by atoms with Gasteiger partial charge in [0.2, 0.25) is 0 Å². The predicted molar refractivity (Wildman–Crippen MR) is 45.5 cm³/mol. The molecule has 62 valence electrons. The maximum atomic E-state index is 5.05. The van der Waals surface area contributed by atoms with Crippen LogP contribution in [-0.4, -0.2) is 11.7 Å². The Morgan fingerprint density at radius 3 is 2.73 bits per heavy atom. The SMILES string of the molecule is CCc1cc(COC)n(C)c1. The normalized spacial score (nSPS) is 10.5. The van der Waals surface area contributed by atoms with Crippen molar-refractivity contribution in [3.63, 3.8) is 0 Å². The minimum atomic E-state index is 0.705. The van der Waals surface area contributed by atoms with Gasteiger partial charge in [-0.1, -0.05) is 6.92 Å². The van der Waals surface area contributed by atoms with Crippen LogP contribution in [0.4, 0.5) is 0 Å². The zero-order chi connectivity index (χ0) is 8.27. The Morgan fingerprint density at radius 2 is 2.27 bits per heavy atom. The van der Waals surface area contributed by atoms with Gasteiger partial charge in [-0.2, -0.15) is 0 Å². The molecule has 0 bridgehead atoms. The van der Waals surface area contributed by atoms with Crippen LogP contribution >= 0.6 is 0 Å². The van der Waals surface area contributed by atoms with E-state index in [-0.39, 0.29) is 0 Å². The van der Waals surface area contributed by atoms with Gasteiger partial charge >= 0.3 is 0 Å². The Hall–Kier alpha value is -0.760. The van der Waals surface area contributed by atoms with E-state index >= 15 is 0 Å². The Bertz CT molecular complexity index is 227. The van der Waals surface area contributed by atoms with Crippen molar-refractivity contribution in [3.05, 3.63) is 23.5 Å². The molecule has 11 heavy (non-hydrogen) atoms. The molecular formula is C9H15NO. The van der Waals surface area contributed by atoms with Crippen LogP contribution in [0.15, 0.2) is 12.3 Å². The average Bonchev–Trinajstić information content (AvgIpc) is 2.33. The smallest absolute Gasteiger partial charge is 0.0863 e. The van der Waals surface area contributed by atoms with Crippen molar-refractivity contribution in [3.8, 4) is 0 Å². The molecule has 0 aromatic carbocycles. The van der Waals surface area contributed by atoms with E-state index in [1.54, 1.807) is 7.11 Å². The van der Waals surface area contributed by atoms with Crippen molar-refractivity contribution < 1.29 is 4.74 Å². The van der Waals surface area contributed by atoms with E-state index in [0.29, 0.717) is 6.61 Å². The second-order valence-electron chi connectivity index (χ2n) is 2.74. The van der Waals surface area contributed by atoms with Gasteiger partial charge in [0.1, 0.15) is 0 Å². The number of aromatic nitrogens is 1. The molecule has 1 aromatic rings. The molecule has 1 heterocycles. The highest BCUT2D eigenvalue weighted by atomic mass is 16.5. The molecule has 0 spiro atoms. The molecule has 0 N–H and O–H groups in total. The summed E-state index contributed by atoms with van der Waals surface area (Å²) in [5, 5.41) is 0. The molecular weight excluding hydrogens is 138 g/mol. The molecule has 0 atom stereocenters. The highest BCUT2D eigenvalue weighted by Gasteiger charge is 1.99. The number of nitrogens with zero attached hydrogens (tertiary/aromatic N) is 1. The summed E-state index contributed by atoms with van der Waals surface area (Å²) in [6.07, 6.45) is 3.24. The van der Waals surface area contributed by atoms with E-state index in [0.717, 1.165) is 6.42 Å².